The van der Waals surface area contributed by atoms with E-state index < -0.39 is 5.23 Å². The van der Waals surface area contributed by atoms with Crippen molar-refractivity contribution in [1.82, 2.24) is 15.0 Å². The summed E-state index contributed by atoms with van der Waals surface area (Å²) in [4.78, 5) is 0. The van der Waals surface area contributed by atoms with Gasteiger partial charge in [-0.15, -0.1) is 5.10 Å². The normalized spacial score (nSPS) is 12.3. The minimum Gasteiger partial charge on any atom is -0.595 e. The molecule has 106 valence electrons. The van der Waals surface area contributed by atoms with Crippen molar-refractivity contribution in [3.8, 4) is 16.9 Å². The van der Waals surface area contributed by atoms with Gasteiger partial charge in [0, 0.05) is 17.7 Å². The van der Waals surface area contributed by atoms with Gasteiger partial charge in [0.05, 0.1) is 5.69 Å². The highest BCUT2D eigenvalue weighted by molar-refractivity contribution is 5.71. The molecular weight excluding hydrogens is 270 g/mol. The maximum absolute atomic E-state index is 10.8. The first-order valence-corrected chi connectivity index (χ1v) is 6.27. The molecule has 1 atom stereocenters. The number of para-hydroxylation sites is 1. The van der Waals surface area contributed by atoms with Crippen LogP contribution in [0.15, 0.2) is 54.6 Å². The second kappa shape index (κ2) is 5.33. The van der Waals surface area contributed by atoms with Gasteiger partial charge in [-0.05, 0) is 24.3 Å². The standard InChI is InChI=1S/C14H13N5O2/c15-14-13(10-6-8-12(9-7-10)19(20)21)16-17-18(14)11-4-2-1-3-5-11/h1-9,19-20H,15H2. The van der Waals surface area contributed by atoms with Gasteiger partial charge in [0.1, 0.15) is 5.69 Å². The van der Waals surface area contributed by atoms with Crippen molar-refractivity contribution in [1.29, 1.82) is 0 Å². The van der Waals surface area contributed by atoms with Crippen molar-refractivity contribution in [3.05, 3.63) is 59.8 Å². The zero-order valence-electron chi connectivity index (χ0n) is 11.0. The van der Waals surface area contributed by atoms with Crippen molar-refractivity contribution in [2.75, 3.05) is 5.73 Å². The van der Waals surface area contributed by atoms with Crippen LogP contribution in [-0.4, -0.2) is 20.2 Å². The molecule has 0 aliphatic rings. The molecule has 0 bridgehead atoms. The van der Waals surface area contributed by atoms with E-state index in [0.717, 1.165) is 11.3 Å². The van der Waals surface area contributed by atoms with E-state index in [1.54, 1.807) is 16.8 Å². The van der Waals surface area contributed by atoms with Gasteiger partial charge in [0.15, 0.2) is 11.5 Å². The Morgan fingerprint density at radius 2 is 1.71 bits per heavy atom. The molecule has 7 heteroatoms. The van der Waals surface area contributed by atoms with E-state index in [0.29, 0.717) is 11.5 Å². The fourth-order valence-electron chi connectivity index (χ4n) is 2.03. The second-order valence-corrected chi connectivity index (χ2v) is 4.45. The fraction of sp³-hybridized carbons (Fsp3) is 0. The summed E-state index contributed by atoms with van der Waals surface area (Å²) in [6.07, 6.45) is 0. The first kappa shape index (κ1) is 13.3. The molecule has 0 saturated carbocycles. The Bertz CT molecular complexity index is 738. The molecule has 2 aromatic carbocycles. The van der Waals surface area contributed by atoms with Crippen molar-refractivity contribution in [2.24, 2.45) is 0 Å². The van der Waals surface area contributed by atoms with E-state index in [9.17, 15) is 5.21 Å². The summed E-state index contributed by atoms with van der Waals surface area (Å²) in [5.74, 6) is 0.407. The molecule has 1 aromatic heterocycles. The first-order valence-electron chi connectivity index (χ1n) is 6.27. The molecule has 0 aliphatic carbocycles. The predicted octanol–water partition coefficient (Wildman–Crippen LogP) is 0.920. The Hall–Kier alpha value is -2.74. The van der Waals surface area contributed by atoms with E-state index in [1.807, 2.05) is 30.3 Å². The Morgan fingerprint density at radius 3 is 2.33 bits per heavy atom. The largest absolute Gasteiger partial charge is 0.595 e. The summed E-state index contributed by atoms with van der Waals surface area (Å²) < 4.78 is 1.54. The van der Waals surface area contributed by atoms with Gasteiger partial charge in [-0.3, -0.25) is 0 Å². The number of hydrogen-bond acceptors (Lipinski definition) is 5. The van der Waals surface area contributed by atoms with Gasteiger partial charge in [-0.1, -0.05) is 23.4 Å². The lowest BCUT2D eigenvalue weighted by atomic mass is 10.1. The summed E-state index contributed by atoms with van der Waals surface area (Å²) in [6.45, 7) is 0. The quantitative estimate of drug-likeness (QED) is 0.620. The molecule has 0 amide bonds. The minimum atomic E-state index is -0.970. The summed E-state index contributed by atoms with van der Waals surface area (Å²) in [5.41, 5.74) is 8.36. The third kappa shape index (κ3) is 2.48. The van der Waals surface area contributed by atoms with Crippen molar-refractivity contribution in [3.63, 3.8) is 0 Å². The molecule has 0 saturated heterocycles. The Morgan fingerprint density at radius 1 is 1.05 bits per heavy atom. The van der Waals surface area contributed by atoms with Gasteiger partial charge in [0.2, 0.25) is 0 Å². The monoisotopic (exact) mass is 283 g/mol. The highest BCUT2D eigenvalue weighted by Crippen LogP contribution is 2.25. The molecule has 1 heterocycles. The molecule has 0 spiro atoms. The lowest BCUT2D eigenvalue weighted by Gasteiger charge is -2.11. The molecule has 1 unspecified atom stereocenters. The zero-order valence-corrected chi connectivity index (χ0v) is 11.0. The molecule has 0 radical (unpaired) electrons. The Balaban J connectivity index is 1.99. The lowest BCUT2D eigenvalue weighted by molar-refractivity contribution is -0.991. The van der Waals surface area contributed by atoms with Crippen LogP contribution in [-0.2, 0) is 0 Å². The molecule has 21 heavy (non-hydrogen) atoms. The van der Waals surface area contributed by atoms with Gasteiger partial charge in [-0.25, -0.2) is 5.21 Å². The molecular formula is C14H13N5O2. The number of anilines is 1. The van der Waals surface area contributed by atoms with Crippen LogP contribution in [0.2, 0.25) is 0 Å². The number of hydrogen-bond donors (Lipinski definition) is 3. The molecule has 0 aliphatic heterocycles. The maximum Gasteiger partial charge on any atom is 0.163 e. The minimum absolute atomic E-state index is 0.216. The van der Waals surface area contributed by atoms with Crippen LogP contribution in [0.5, 0.6) is 0 Å². The van der Waals surface area contributed by atoms with Crippen LogP contribution >= 0.6 is 0 Å². The summed E-state index contributed by atoms with van der Waals surface area (Å²) >= 11 is 0. The molecule has 3 rings (SSSR count). The number of rotatable bonds is 3. The first-order chi connectivity index (χ1) is 10.2. The average Bonchev–Trinajstić information content (AvgIpc) is 2.90. The number of nitrogens with zero attached hydrogens (tertiary/aromatic N) is 3. The SMILES string of the molecule is Nc1c(-c2ccc([NH+]([O-])O)cc2)nnn1-c1ccccc1. The Labute approximate surface area is 120 Å². The van der Waals surface area contributed by atoms with E-state index in [4.69, 9.17) is 10.9 Å². The van der Waals surface area contributed by atoms with Crippen LogP contribution in [0.3, 0.4) is 0 Å². The molecule has 0 fully saturated rings. The van der Waals surface area contributed by atoms with Gasteiger partial charge in [-0.2, -0.15) is 9.91 Å². The topological polar surface area (TPSA) is 104 Å². The maximum atomic E-state index is 10.8. The third-order valence-corrected chi connectivity index (χ3v) is 3.11. The van der Waals surface area contributed by atoms with E-state index >= 15 is 0 Å². The van der Waals surface area contributed by atoms with E-state index in [-0.39, 0.29) is 5.69 Å². The summed E-state index contributed by atoms with van der Waals surface area (Å²) in [7, 11) is 0. The lowest BCUT2D eigenvalue weighted by Crippen LogP contribution is -2.99. The van der Waals surface area contributed by atoms with Gasteiger partial charge < -0.3 is 10.9 Å². The fourth-order valence-corrected chi connectivity index (χ4v) is 2.03. The number of nitrogens with one attached hydrogen (secondary N) is 1. The molecule has 7 nitrogen and oxygen atoms in total. The molecule has 4 N–H and O–H groups in total. The average molecular weight is 283 g/mol. The van der Waals surface area contributed by atoms with Crippen LogP contribution in [0, 0.1) is 5.21 Å². The van der Waals surface area contributed by atoms with Crippen molar-refractivity contribution < 1.29 is 10.4 Å². The van der Waals surface area contributed by atoms with Crippen molar-refractivity contribution in [2.45, 2.75) is 0 Å². The zero-order chi connectivity index (χ0) is 14.8. The van der Waals surface area contributed by atoms with E-state index in [1.165, 1.54) is 12.1 Å². The van der Waals surface area contributed by atoms with Crippen LogP contribution in [0.25, 0.3) is 16.9 Å². The van der Waals surface area contributed by atoms with E-state index in [2.05, 4.69) is 10.3 Å². The van der Waals surface area contributed by atoms with Crippen LogP contribution < -0.4 is 11.0 Å². The second-order valence-electron chi connectivity index (χ2n) is 4.45. The number of benzene rings is 2. The van der Waals surface area contributed by atoms with Gasteiger partial charge in [0.25, 0.3) is 0 Å². The number of nitrogens with two attached hydrogens (primary N) is 1. The highest BCUT2D eigenvalue weighted by atomic mass is 16.8. The predicted molar refractivity (Wildman–Crippen MR) is 77.0 cm³/mol. The number of aromatic nitrogens is 3. The third-order valence-electron chi connectivity index (χ3n) is 3.11. The number of quaternary nitrogens is 1. The molecule has 3 aromatic rings. The van der Waals surface area contributed by atoms with Gasteiger partial charge >= 0.3 is 0 Å². The summed E-state index contributed by atoms with van der Waals surface area (Å²) in [6, 6.07) is 15.8. The van der Waals surface area contributed by atoms with Crippen LogP contribution in [0.1, 0.15) is 0 Å². The summed E-state index contributed by atoms with van der Waals surface area (Å²) in [5, 5.41) is 26.9. The smallest absolute Gasteiger partial charge is 0.163 e. The van der Waals surface area contributed by atoms with Crippen molar-refractivity contribution >= 4 is 11.5 Å². The van der Waals surface area contributed by atoms with Crippen LogP contribution in [0.4, 0.5) is 11.5 Å². The Kier molecular flexibility index (Phi) is 3.36. The number of nitrogen functional groups attached to an aromatic ring is 1. The highest BCUT2D eigenvalue weighted by Gasteiger charge is 2.13.